The van der Waals surface area contributed by atoms with Gasteiger partial charge in [-0.2, -0.15) is 0 Å². The molecule has 0 bridgehead atoms. The average molecular weight is 941 g/mol. The lowest BCUT2D eigenvalue weighted by Gasteiger charge is -2.20. The Morgan fingerprint density at radius 2 is 1.05 bits per heavy atom. The average Bonchev–Trinajstić information content (AvgIpc) is 3.22. The quantitative estimate of drug-likeness (QED) is 0.0144. The number of phosphoric acid groups is 2. The van der Waals surface area contributed by atoms with Gasteiger partial charge in [0.2, 0.25) is 0 Å². The van der Waals surface area contributed by atoms with E-state index in [0.29, 0.717) is 12.8 Å². The third-order valence-corrected chi connectivity index (χ3v) is 11.6. The van der Waals surface area contributed by atoms with Gasteiger partial charge in [-0.15, -0.1) is 0 Å². The van der Waals surface area contributed by atoms with E-state index in [0.717, 1.165) is 44.4 Å². The molecule has 0 aliphatic rings. The van der Waals surface area contributed by atoms with Crippen LogP contribution < -0.4 is 0 Å². The van der Waals surface area contributed by atoms with Gasteiger partial charge < -0.3 is 39.5 Å². The first-order chi connectivity index (χ1) is 30.0. The van der Waals surface area contributed by atoms with Crippen molar-refractivity contribution in [2.24, 2.45) is 5.92 Å². The van der Waals surface area contributed by atoms with Crippen LogP contribution >= 0.6 is 15.6 Å². The molecular weight excluding hydrogens is 854 g/mol. The maximum atomic E-state index is 12.7. The van der Waals surface area contributed by atoms with E-state index < -0.39 is 78.4 Å². The van der Waals surface area contributed by atoms with Crippen LogP contribution in [-0.2, 0) is 41.8 Å². The summed E-state index contributed by atoms with van der Waals surface area (Å²) < 4.78 is 47.7. The molecule has 17 heteroatoms. The monoisotopic (exact) mass is 941 g/mol. The van der Waals surface area contributed by atoms with E-state index in [1.54, 1.807) is 6.08 Å². The van der Waals surface area contributed by atoms with E-state index in [1.165, 1.54) is 83.5 Å². The number of phosphoric ester groups is 2. The lowest BCUT2D eigenvalue weighted by atomic mass is 10.0. The second-order valence-corrected chi connectivity index (χ2v) is 19.5. The van der Waals surface area contributed by atoms with Gasteiger partial charge in [0.25, 0.3) is 0 Å². The van der Waals surface area contributed by atoms with Crippen molar-refractivity contribution in [3.05, 3.63) is 36.5 Å². The summed E-state index contributed by atoms with van der Waals surface area (Å²) in [6.45, 7) is 3.75. The number of allylic oxidation sites excluding steroid dienone is 5. The number of aliphatic hydroxyl groups is 3. The highest BCUT2D eigenvalue weighted by atomic mass is 31.2. The van der Waals surface area contributed by atoms with Gasteiger partial charge in [0.1, 0.15) is 12.7 Å². The summed E-state index contributed by atoms with van der Waals surface area (Å²) in [4.78, 5) is 52.9. The molecule has 0 fully saturated rings. The summed E-state index contributed by atoms with van der Waals surface area (Å²) >= 11 is 0. The van der Waals surface area contributed by atoms with Crippen molar-refractivity contribution < 1.29 is 71.8 Å². The van der Waals surface area contributed by atoms with E-state index in [9.17, 15) is 38.9 Å². The van der Waals surface area contributed by atoms with Gasteiger partial charge in [-0.25, -0.2) is 9.13 Å². The van der Waals surface area contributed by atoms with Crippen LogP contribution in [0.1, 0.15) is 188 Å². The predicted molar refractivity (Wildman–Crippen MR) is 247 cm³/mol. The van der Waals surface area contributed by atoms with Gasteiger partial charge in [0.15, 0.2) is 6.10 Å². The van der Waals surface area contributed by atoms with Crippen LogP contribution in [0.3, 0.4) is 0 Å². The number of aliphatic hydroxyl groups excluding tert-OH is 3. The highest BCUT2D eigenvalue weighted by Crippen LogP contribution is 2.44. The molecule has 370 valence electrons. The molecule has 6 N–H and O–H groups in total. The van der Waals surface area contributed by atoms with Crippen molar-refractivity contribution in [1.29, 1.82) is 0 Å². The molecule has 3 unspecified atom stereocenters. The minimum Gasteiger partial charge on any atom is -0.462 e. The second kappa shape index (κ2) is 40.5. The van der Waals surface area contributed by atoms with E-state index in [-0.39, 0.29) is 32.1 Å². The van der Waals surface area contributed by atoms with Crippen LogP contribution in [-0.4, -0.2) is 92.8 Å². The first kappa shape index (κ1) is 61.3. The number of carbonyl (C=O) groups is 2. The van der Waals surface area contributed by atoms with Gasteiger partial charge in [0, 0.05) is 12.8 Å². The Bertz CT molecular complexity index is 1300. The zero-order valence-corrected chi connectivity index (χ0v) is 40.6. The van der Waals surface area contributed by atoms with Gasteiger partial charge in [0.05, 0.1) is 32.0 Å². The number of rotatable bonds is 44. The minimum atomic E-state index is -4.89. The number of hydrogen-bond donors (Lipinski definition) is 6. The molecule has 0 aromatic carbocycles. The maximum Gasteiger partial charge on any atom is 0.472 e. The molecule has 63 heavy (non-hydrogen) atoms. The molecule has 0 aliphatic carbocycles. The third-order valence-electron chi connectivity index (χ3n) is 10.2. The van der Waals surface area contributed by atoms with Crippen LogP contribution in [0.4, 0.5) is 0 Å². The number of carbonyl (C=O) groups excluding carboxylic acids is 2. The van der Waals surface area contributed by atoms with Crippen LogP contribution in [0.5, 0.6) is 0 Å². The SMILES string of the molecule is CCCCC/C=C\C/C=C\C/C=C\CC(O)C(O)CCCC(=O)OC[C@H](COP(=O)(O)OC[C@@H](O)COP(=O)(O)O)OC(=O)CCCCCCCCCCCCCCCCC(C)C. The fourth-order valence-corrected chi connectivity index (χ4v) is 7.56. The summed E-state index contributed by atoms with van der Waals surface area (Å²) in [6.07, 6.45) is 31.6. The van der Waals surface area contributed by atoms with Crippen LogP contribution in [0.2, 0.25) is 0 Å². The first-order valence-electron chi connectivity index (χ1n) is 23.7. The largest absolute Gasteiger partial charge is 0.472 e. The minimum absolute atomic E-state index is 0.0733. The summed E-state index contributed by atoms with van der Waals surface area (Å²) in [5.74, 6) is -0.515. The predicted octanol–water partition coefficient (Wildman–Crippen LogP) is 10.3. The van der Waals surface area contributed by atoms with Gasteiger partial charge in [-0.05, 0) is 57.3 Å². The van der Waals surface area contributed by atoms with Crippen LogP contribution in [0.15, 0.2) is 36.5 Å². The molecule has 5 atom stereocenters. The Morgan fingerprint density at radius 1 is 0.540 bits per heavy atom. The molecule has 0 saturated heterocycles. The molecule has 0 aromatic heterocycles. The van der Waals surface area contributed by atoms with Crippen molar-refractivity contribution >= 4 is 27.6 Å². The molecule has 0 heterocycles. The van der Waals surface area contributed by atoms with E-state index >= 15 is 0 Å². The van der Waals surface area contributed by atoms with Crippen LogP contribution in [0.25, 0.3) is 0 Å². The molecular formula is C46H86O15P2. The Hall–Kier alpha value is -1.74. The van der Waals surface area contributed by atoms with Gasteiger partial charge >= 0.3 is 27.6 Å². The molecule has 0 amide bonds. The molecule has 0 radical (unpaired) electrons. The summed E-state index contributed by atoms with van der Waals surface area (Å²) in [7, 11) is -9.77. The first-order valence-corrected chi connectivity index (χ1v) is 26.7. The summed E-state index contributed by atoms with van der Waals surface area (Å²) in [5, 5.41) is 30.5. The van der Waals surface area contributed by atoms with E-state index in [4.69, 9.17) is 23.8 Å². The van der Waals surface area contributed by atoms with Crippen molar-refractivity contribution in [3.8, 4) is 0 Å². The van der Waals surface area contributed by atoms with E-state index in [1.807, 2.05) is 12.2 Å². The molecule has 0 aromatic rings. The standard InChI is InChI=1S/C46H86O15P2/c1-4-5-6-7-8-9-10-16-19-22-25-28-32-43(48)44(49)33-30-35-45(50)57-38-42(39-60-63(55,56)59-37-41(47)36-58-62(52,53)54)61-46(51)34-29-26-23-20-17-14-12-11-13-15-18-21-24-27-31-40(2)3/h8-9,16,19,25,28,40-44,47-49H,4-7,10-15,17-18,20-24,26-27,29-39H2,1-3H3,(H,55,56)(H2,52,53,54)/b9-8-,19-16-,28-25-/t41-,42+,43?,44?/m0/s1. The lowest BCUT2D eigenvalue weighted by Crippen LogP contribution is -2.30. The highest BCUT2D eigenvalue weighted by molar-refractivity contribution is 7.47. The summed E-state index contributed by atoms with van der Waals surface area (Å²) in [6, 6.07) is 0. The number of unbranched alkanes of at least 4 members (excludes halogenated alkanes) is 16. The number of esters is 2. The van der Waals surface area contributed by atoms with Crippen molar-refractivity contribution in [2.45, 2.75) is 212 Å². The normalized spacial score (nSPS) is 15.3. The number of ether oxygens (including phenoxy) is 2. The fourth-order valence-electron chi connectivity index (χ4n) is 6.40. The third kappa shape index (κ3) is 43.9. The Labute approximate surface area is 379 Å². The molecule has 0 rings (SSSR count). The van der Waals surface area contributed by atoms with Gasteiger partial charge in [-0.1, -0.05) is 160 Å². The zero-order valence-electron chi connectivity index (χ0n) is 38.8. The Morgan fingerprint density at radius 3 is 1.62 bits per heavy atom. The van der Waals surface area contributed by atoms with Crippen molar-refractivity contribution in [1.82, 2.24) is 0 Å². The topological polar surface area (TPSA) is 236 Å². The zero-order chi connectivity index (χ0) is 47.0. The lowest BCUT2D eigenvalue weighted by molar-refractivity contribution is -0.161. The Balaban J connectivity index is 4.68. The summed E-state index contributed by atoms with van der Waals surface area (Å²) in [5.41, 5.74) is 0. The molecule has 15 nitrogen and oxygen atoms in total. The van der Waals surface area contributed by atoms with Crippen molar-refractivity contribution in [3.63, 3.8) is 0 Å². The second-order valence-electron chi connectivity index (χ2n) is 16.8. The number of hydrogen-bond acceptors (Lipinski definition) is 12. The van der Waals surface area contributed by atoms with E-state index in [2.05, 4.69) is 48.0 Å². The molecule has 0 aliphatic heterocycles. The Kier molecular flexibility index (Phi) is 39.4. The highest BCUT2D eigenvalue weighted by Gasteiger charge is 2.28. The van der Waals surface area contributed by atoms with Gasteiger partial charge in [-0.3, -0.25) is 23.2 Å². The maximum absolute atomic E-state index is 12.7. The molecule has 0 saturated carbocycles. The van der Waals surface area contributed by atoms with Crippen LogP contribution in [0, 0.1) is 5.92 Å². The molecule has 0 spiro atoms. The van der Waals surface area contributed by atoms with Crippen molar-refractivity contribution in [2.75, 3.05) is 26.4 Å². The fraction of sp³-hybridized carbons (Fsp3) is 0.826. The smallest absolute Gasteiger partial charge is 0.462 e.